The summed E-state index contributed by atoms with van der Waals surface area (Å²) < 4.78 is 0. The Morgan fingerprint density at radius 1 is 1.47 bits per heavy atom. The number of H-pyrrole nitrogens is 1. The van der Waals surface area contributed by atoms with Gasteiger partial charge in [0, 0.05) is 6.42 Å². The molecule has 0 saturated heterocycles. The Kier molecular flexibility index (Phi) is 7.10. The van der Waals surface area contributed by atoms with Gasteiger partial charge in [0.1, 0.15) is 12.2 Å². The maximum atomic E-state index is 11.9. The fraction of sp³-hybridized carbons (Fsp3) is 0.769. The third-order valence-corrected chi connectivity index (χ3v) is 3.27. The molecule has 1 aromatic heterocycles. The van der Waals surface area contributed by atoms with Gasteiger partial charge in [-0.1, -0.05) is 19.8 Å². The van der Waals surface area contributed by atoms with E-state index < -0.39 is 0 Å². The molecule has 1 amide bonds. The molecule has 108 valence electrons. The van der Waals surface area contributed by atoms with Crippen LogP contribution in [0.4, 0.5) is 0 Å². The van der Waals surface area contributed by atoms with Crippen LogP contribution in [0.25, 0.3) is 0 Å². The van der Waals surface area contributed by atoms with Gasteiger partial charge < -0.3 is 11.1 Å². The molecule has 0 fully saturated rings. The van der Waals surface area contributed by atoms with E-state index in [1.165, 1.54) is 6.33 Å². The molecule has 0 aliphatic rings. The van der Waals surface area contributed by atoms with Crippen LogP contribution >= 0.6 is 0 Å². The van der Waals surface area contributed by atoms with Crippen LogP contribution in [0.2, 0.25) is 0 Å². The number of hydrogen-bond donors (Lipinski definition) is 3. The number of aromatic nitrogens is 3. The molecule has 2 atom stereocenters. The van der Waals surface area contributed by atoms with E-state index in [2.05, 4.69) is 27.4 Å². The Bertz CT molecular complexity index is 346. The van der Waals surface area contributed by atoms with Crippen LogP contribution < -0.4 is 11.1 Å². The highest BCUT2D eigenvalue weighted by molar-refractivity contribution is 5.76. The first-order valence-corrected chi connectivity index (χ1v) is 7.02. The topological polar surface area (TPSA) is 96.7 Å². The third kappa shape index (κ3) is 5.83. The molecule has 0 radical (unpaired) electrons. The predicted molar refractivity (Wildman–Crippen MR) is 74.2 cm³/mol. The summed E-state index contributed by atoms with van der Waals surface area (Å²) in [5, 5.41) is 9.45. The first-order valence-electron chi connectivity index (χ1n) is 7.02. The summed E-state index contributed by atoms with van der Waals surface area (Å²) in [6, 6.07) is -0.130. The van der Waals surface area contributed by atoms with E-state index in [4.69, 9.17) is 5.73 Å². The molecule has 1 heterocycles. The summed E-state index contributed by atoms with van der Waals surface area (Å²) in [4.78, 5) is 15.9. The van der Waals surface area contributed by atoms with Crippen molar-refractivity contribution in [3.63, 3.8) is 0 Å². The first-order chi connectivity index (χ1) is 9.17. The number of hydrogen-bond acceptors (Lipinski definition) is 4. The molecular weight excluding hydrogens is 242 g/mol. The second-order valence-electron chi connectivity index (χ2n) is 4.93. The van der Waals surface area contributed by atoms with Crippen LogP contribution in [0.5, 0.6) is 0 Å². The van der Waals surface area contributed by atoms with Gasteiger partial charge in [0.05, 0.1) is 6.04 Å². The predicted octanol–water partition coefficient (Wildman–Crippen LogP) is 1.53. The Labute approximate surface area is 114 Å². The SMILES string of the molecule is CCCC(CCN)CCC(=O)NC(C)c1ncn[nH]1. The van der Waals surface area contributed by atoms with Gasteiger partial charge >= 0.3 is 0 Å². The zero-order chi connectivity index (χ0) is 14.1. The van der Waals surface area contributed by atoms with Crippen molar-refractivity contribution in [2.24, 2.45) is 11.7 Å². The molecule has 1 aromatic rings. The minimum absolute atomic E-state index is 0.0574. The number of nitrogens with two attached hydrogens (primary N) is 1. The van der Waals surface area contributed by atoms with Gasteiger partial charge in [-0.25, -0.2) is 4.98 Å². The van der Waals surface area contributed by atoms with Gasteiger partial charge in [-0.15, -0.1) is 0 Å². The summed E-state index contributed by atoms with van der Waals surface area (Å²) in [6.07, 6.45) is 6.17. The molecule has 6 heteroatoms. The summed E-state index contributed by atoms with van der Waals surface area (Å²) in [5.74, 6) is 1.30. The van der Waals surface area contributed by atoms with Crippen LogP contribution in [-0.4, -0.2) is 27.6 Å². The van der Waals surface area contributed by atoms with Gasteiger partial charge in [0.15, 0.2) is 0 Å². The first kappa shape index (κ1) is 15.6. The van der Waals surface area contributed by atoms with E-state index in [-0.39, 0.29) is 11.9 Å². The molecule has 4 N–H and O–H groups in total. The highest BCUT2D eigenvalue weighted by atomic mass is 16.1. The van der Waals surface area contributed by atoms with E-state index in [1.807, 2.05) is 6.92 Å². The summed E-state index contributed by atoms with van der Waals surface area (Å²) in [7, 11) is 0. The maximum absolute atomic E-state index is 11.9. The average molecular weight is 267 g/mol. The zero-order valence-electron chi connectivity index (χ0n) is 11.9. The number of rotatable bonds is 9. The van der Waals surface area contributed by atoms with E-state index in [0.29, 0.717) is 24.7 Å². The van der Waals surface area contributed by atoms with Crippen molar-refractivity contribution in [3.05, 3.63) is 12.2 Å². The van der Waals surface area contributed by atoms with E-state index in [1.54, 1.807) is 0 Å². The second kappa shape index (κ2) is 8.63. The zero-order valence-corrected chi connectivity index (χ0v) is 11.9. The largest absolute Gasteiger partial charge is 0.346 e. The molecule has 2 unspecified atom stereocenters. The highest BCUT2D eigenvalue weighted by Gasteiger charge is 2.14. The van der Waals surface area contributed by atoms with E-state index >= 15 is 0 Å². The van der Waals surface area contributed by atoms with Crippen molar-refractivity contribution in [3.8, 4) is 0 Å². The number of aromatic amines is 1. The number of carbonyl (C=O) groups excluding carboxylic acids is 1. The Hall–Kier alpha value is -1.43. The lowest BCUT2D eigenvalue weighted by Crippen LogP contribution is -2.27. The minimum Gasteiger partial charge on any atom is -0.346 e. The van der Waals surface area contributed by atoms with Crippen molar-refractivity contribution in [1.29, 1.82) is 0 Å². The van der Waals surface area contributed by atoms with E-state index in [9.17, 15) is 4.79 Å². The van der Waals surface area contributed by atoms with Crippen LogP contribution in [-0.2, 0) is 4.79 Å². The molecular formula is C13H25N5O. The van der Waals surface area contributed by atoms with Crippen molar-refractivity contribution < 1.29 is 4.79 Å². The summed E-state index contributed by atoms with van der Waals surface area (Å²) in [5.41, 5.74) is 5.59. The maximum Gasteiger partial charge on any atom is 0.220 e. The molecule has 1 rings (SSSR count). The van der Waals surface area contributed by atoms with Gasteiger partial charge in [0.25, 0.3) is 0 Å². The monoisotopic (exact) mass is 267 g/mol. The quantitative estimate of drug-likeness (QED) is 0.632. The van der Waals surface area contributed by atoms with Crippen LogP contribution in [0.1, 0.15) is 57.8 Å². The Morgan fingerprint density at radius 3 is 2.84 bits per heavy atom. The lowest BCUT2D eigenvalue weighted by molar-refractivity contribution is -0.122. The van der Waals surface area contributed by atoms with Crippen LogP contribution in [0, 0.1) is 5.92 Å². The van der Waals surface area contributed by atoms with Crippen molar-refractivity contribution in [2.45, 2.75) is 52.0 Å². The standard InChI is InChI=1S/C13H25N5O/c1-3-4-11(7-8-14)5-6-12(19)17-10(2)13-15-9-16-18-13/h9-11H,3-8,14H2,1-2H3,(H,17,19)(H,15,16,18). The lowest BCUT2D eigenvalue weighted by atomic mass is 9.94. The number of nitrogens with zero attached hydrogens (tertiary/aromatic N) is 2. The highest BCUT2D eigenvalue weighted by Crippen LogP contribution is 2.17. The summed E-state index contributed by atoms with van der Waals surface area (Å²) >= 11 is 0. The summed E-state index contributed by atoms with van der Waals surface area (Å²) in [6.45, 7) is 4.75. The molecule has 0 spiro atoms. The molecule has 0 aliphatic carbocycles. The number of amides is 1. The van der Waals surface area contributed by atoms with E-state index in [0.717, 1.165) is 25.7 Å². The Morgan fingerprint density at radius 2 is 2.26 bits per heavy atom. The van der Waals surface area contributed by atoms with Gasteiger partial charge in [0.2, 0.25) is 5.91 Å². The molecule has 0 bridgehead atoms. The molecule has 0 aliphatic heterocycles. The third-order valence-electron chi connectivity index (χ3n) is 3.27. The van der Waals surface area contributed by atoms with Crippen molar-refractivity contribution in [1.82, 2.24) is 20.5 Å². The second-order valence-corrected chi connectivity index (χ2v) is 4.93. The van der Waals surface area contributed by atoms with Crippen LogP contribution in [0.15, 0.2) is 6.33 Å². The average Bonchev–Trinajstić information content (AvgIpc) is 2.90. The van der Waals surface area contributed by atoms with Gasteiger partial charge in [-0.05, 0) is 32.2 Å². The Balaban J connectivity index is 2.30. The number of nitrogens with one attached hydrogen (secondary N) is 2. The van der Waals surface area contributed by atoms with Crippen molar-refractivity contribution >= 4 is 5.91 Å². The molecule has 0 aromatic carbocycles. The van der Waals surface area contributed by atoms with Crippen molar-refractivity contribution in [2.75, 3.05) is 6.54 Å². The minimum atomic E-state index is -0.130. The normalized spacial score (nSPS) is 14.1. The molecule has 19 heavy (non-hydrogen) atoms. The smallest absolute Gasteiger partial charge is 0.220 e. The number of carbonyl (C=O) groups is 1. The fourth-order valence-electron chi connectivity index (χ4n) is 2.22. The lowest BCUT2D eigenvalue weighted by Gasteiger charge is -2.16. The van der Waals surface area contributed by atoms with Gasteiger partial charge in [-0.2, -0.15) is 5.10 Å². The fourth-order valence-corrected chi connectivity index (χ4v) is 2.22. The van der Waals surface area contributed by atoms with Gasteiger partial charge in [-0.3, -0.25) is 9.89 Å². The molecule has 6 nitrogen and oxygen atoms in total. The molecule has 0 saturated carbocycles. The van der Waals surface area contributed by atoms with Crippen LogP contribution in [0.3, 0.4) is 0 Å².